The lowest BCUT2D eigenvalue weighted by atomic mass is 10.2. The third-order valence-corrected chi connectivity index (χ3v) is 2.99. The molecule has 0 N–H and O–H groups in total. The molecule has 0 radical (unpaired) electrons. The number of benzene rings is 2. The van der Waals surface area contributed by atoms with Crippen LogP contribution in [0.15, 0.2) is 60.4 Å². The summed E-state index contributed by atoms with van der Waals surface area (Å²) in [6.07, 6.45) is 1.21. The van der Waals surface area contributed by atoms with Crippen molar-refractivity contribution >= 4 is 12.0 Å². The smallest absolute Gasteiger partial charge is 0.142 e. The standard InChI is InChI=1S/C19H20O4/c1-14(2)23-18(19(20)21)12-15-8-10-17(11-9-15)22-13-16-6-4-3-5-7-16/h3-12,14H,13H2,1-2H3,(H,20,21)/p-1/b18-12-. The van der Waals surface area contributed by atoms with Gasteiger partial charge in [0.2, 0.25) is 0 Å². The van der Waals surface area contributed by atoms with Gasteiger partial charge >= 0.3 is 0 Å². The maximum atomic E-state index is 11.0. The van der Waals surface area contributed by atoms with Crippen LogP contribution in [0.25, 0.3) is 6.08 Å². The first-order valence-electron chi connectivity index (χ1n) is 7.41. The van der Waals surface area contributed by atoms with E-state index in [9.17, 15) is 9.90 Å². The molecule has 0 aliphatic heterocycles. The summed E-state index contributed by atoms with van der Waals surface area (Å²) in [6.45, 7) is 4.01. The van der Waals surface area contributed by atoms with Crippen LogP contribution in [0.5, 0.6) is 5.75 Å². The van der Waals surface area contributed by atoms with E-state index in [1.807, 2.05) is 30.3 Å². The van der Waals surface area contributed by atoms with Crippen molar-refractivity contribution in [2.45, 2.75) is 26.6 Å². The van der Waals surface area contributed by atoms with Crippen molar-refractivity contribution < 1.29 is 19.4 Å². The highest BCUT2D eigenvalue weighted by atomic mass is 16.5. The third-order valence-electron chi connectivity index (χ3n) is 2.99. The molecule has 23 heavy (non-hydrogen) atoms. The van der Waals surface area contributed by atoms with E-state index in [4.69, 9.17) is 9.47 Å². The van der Waals surface area contributed by atoms with Gasteiger partial charge in [0.1, 0.15) is 24.1 Å². The van der Waals surface area contributed by atoms with Gasteiger partial charge < -0.3 is 19.4 Å². The number of aliphatic carboxylic acids is 1. The van der Waals surface area contributed by atoms with Gasteiger partial charge in [-0.2, -0.15) is 0 Å². The first-order chi connectivity index (χ1) is 11.0. The summed E-state index contributed by atoms with van der Waals surface area (Å²) in [5, 5.41) is 11.0. The second kappa shape index (κ2) is 8.03. The molecule has 0 saturated carbocycles. The van der Waals surface area contributed by atoms with Gasteiger partial charge in [-0.05, 0) is 43.2 Å². The average molecular weight is 311 g/mol. The Labute approximate surface area is 136 Å². The van der Waals surface area contributed by atoms with Gasteiger partial charge in [-0.3, -0.25) is 0 Å². The van der Waals surface area contributed by atoms with E-state index in [0.717, 1.165) is 5.56 Å². The van der Waals surface area contributed by atoms with Crippen molar-refractivity contribution in [3.8, 4) is 5.75 Å². The summed E-state index contributed by atoms with van der Waals surface area (Å²) in [6, 6.07) is 17.0. The van der Waals surface area contributed by atoms with E-state index in [1.165, 1.54) is 6.08 Å². The van der Waals surface area contributed by atoms with Gasteiger partial charge in [-0.25, -0.2) is 0 Å². The van der Waals surface area contributed by atoms with Gasteiger partial charge in [0.05, 0.1) is 6.10 Å². The highest BCUT2D eigenvalue weighted by Gasteiger charge is 2.04. The minimum Gasteiger partial charge on any atom is -0.542 e. The van der Waals surface area contributed by atoms with Crippen molar-refractivity contribution in [1.29, 1.82) is 0 Å². The SMILES string of the molecule is CC(C)O/C(=C\c1ccc(OCc2ccccc2)cc1)C(=O)[O-]. The largest absolute Gasteiger partial charge is 0.542 e. The minimum absolute atomic E-state index is 0.182. The molecule has 4 nitrogen and oxygen atoms in total. The van der Waals surface area contributed by atoms with Crippen LogP contribution in [0.2, 0.25) is 0 Å². The summed E-state index contributed by atoms with van der Waals surface area (Å²) in [5.74, 6) is -0.799. The molecule has 0 heterocycles. The number of carboxylic acid groups (broad SMARTS) is 1. The van der Waals surface area contributed by atoms with Crippen LogP contribution < -0.4 is 9.84 Å². The van der Waals surface area contributed by atoms with Gasteiger partial charge in [0.15, 0.2) is 0 Å². The van der Waals surface area contributed by atoms with Crippen LogP contribution in [-0.2, 0) is 16.1 Å². The minimum atomic E-state index is -1.33. The first kappa shape index (κ1) is 16.6. The van der Waals surface area contributed by atoms with Gasteiger partial charge in [0, 0.05) is 0 Å². The Morgan fingerprint density at radius 2 is 1.74 bits per heavy atom. The molecule has 0 bridgehead atoms. The number of hydrogen-bond donors (Lipinski definition) is 0. The van der Waals surface area contributed by atoms with E-state index >= 15 is 0 Å². The molecular formula is C19H19O4-. The Balaban J connectivity index is 2.02. The summed E-state index contributed by atoms with van der Waals surface area (Å²) >= 11 is 0. The highest BCUT2D eigenvalue weighted by molar-refractivity contribution is 5.88. The lowest BCUT2D eigenvalue weighted by Gasteiger charge is -2.14. The molecule has 2 rings (SSSR count). The number of rotatable bonds is 7. The summed E-state index contributed by atoms with van der Waals surface area (Å²) in [4.78, 5) is 11.0. The molecule has 0 unspecified atom stereocenters. The predicted molar refractivity (Wildman–Crippen MR) is 86.4 cm³/mol. The Morgan fingerprint density at radius 1 is 1.09 bits per heavy atom. The molecule has 0 aromatic heterocycles. The second-order valence-corrected chi connectivity index (χ2v) is 5.31. The van der Waals surface area contributed by atoms with Crippen LogP contribution in [-0.4, -0.2) is 12.1 Å². The molecule has 2 aromatic rings. The summed E-state index contributed by atoms with van der Waals surface area (Å²) in [5.41, 5.74) is 1.79. The van der Waals surface area contributed by atoms with Crippen LogP contribution in [0.4, 0.5) is 0 Å². The van der Waals surface area contributed by atoms with Crippen LogP contribution in [0.3, 0.4) is 0 Å². The Morgan fingerprint density at radius 3 is 2.30 bits per heavy atom. The van der Waals surface area contributed by atoms with E-state index in [1.54, 1.807) is 38.1 Å². The Bertz CT molecular complexity index is 658. The van der Waals surface area contributed by atoms with E-state index in [0.29, 0.717) is 17.9 Å². The van der Waals surface area contributed by atoms with Crippen LogP contribution in [0, 0.1) is 0 Å². The monoisotopic (exact) mass is 311 g/mol. The molecule has 120 valence electrons. The molecule has 0 atom stereocenters. The van der Waals surface area contributed by atoms with Gasteiger partial charge in [-0.1, -0.05) is 42.5 Å². The Hall–Kier alpha value is -2.75. The average Bonchev–Trinajstić information content (AvgIpc) is 2.54. The number of carbonyl (C=O) groups is 1. The Kier molecular flexibility index (Phi) is 5.80. The maximum absolute atomic E-state index is 11.0. The van der Waals surface area contributed by atoms with Crippen molar-refractivity contribution in [2.24, 2.45) is 0 Å². The zero-order chi connectivity index (χ0) is 16.7. The number of ether oxygens (including phenoxy) is 2. The van der Waals surface area contributed by atoms with E-state index in [-0.39, 0.29) is 11.9 Å². The molecule has 0 saturated heterocycles. The molecule has 4 heteroatoms. The van der Waals surface area contributed by atoms with Crippen molar-refractivity contribution in [1.82, 2.24) is 0 Å². The third kappa shape index (κ3) is 5.51. The predicted octanol–water partition coefficient (Wildman–Crippen LogP) is 2.78. The van der Waals surface area contributed by atoms with E-state index < -0.39 is 5.97 Å². The first-order valence-corrected chi connectivity index (χ1v) is 7.41. The number of carboxylic acids is 1. The number of carbonyl (C=O) groups excluding carboxylic acids is 1. The van der Waals surface area contributed by atoms with Gasteiger partial charge in [0.25, 0.3) is 0 Å². The summed E-state index contributed by atoms with van der Waals surface area (Å²) < 4.78 is 10.9. The zero-order valence-corrected chi connectivity index (χ0v) is 13.2. The quantitative estimate of drug-likeness (QED) is 0.583. The highest BCUT2D eigenvalue weighted by Crippen LogP contribution is 2.17. The second-order valence-electron chi connectivity index (χ2n) is 5.31. The normalized spacial score (nSPS) is 11.3. The fourth-order valence-electron chi connectivity index (χ4n) is 1.95. The molecule has 0 fully saturated rings. The van der Waals surface area contributed by atoms with Gasteiger partial charge in [-0.15, -0.1) is 0 Å². The lowest BCUT2D eigenvalue weighted by molar-refractivity contribution is -0.303. The molecular weight excluding hydrogens is 292 g/mol. The number of hydrogen-bond acceptors (Lipinski definition) is 4. The van der Waals surface area contributed by atoms with Crippen molar-refractivity contribution in [3.05, 3.63) is 71.5 Å². The van der Waals surface area contributed by atoms with Crippen LogP contribution in [0.1, 0.15) is 25.0 Å². The van der Waals surface area contributed by atoms with E-state index in [2.05, 4.69) is 0 Å². The summed E-state index contributed by atoms with van der Waals surface area (Å²) in [7, 11) is 0. The molecule has 0 aliphatic rings. The lowest BCUT2D eigenvalue weighted by Crippen LogP contribution is -2.27. The topological polar surface area (TPSA) is 58.6 Å². The van der Waals surface area contributed by atoms with Crippen molar-refractivity contribution in [3.63, 3.8) is 0 Å². The van der Waals surface area contributed by atoms with Crippen LogP contribution >= 0.6 is 0 Å². The zero-order valence-electron chi connectivity index (χ0n) is 13.2. The fraction of sp³-hybridized carbons (Fsp3) is 0.211. The molecule has 0 amide bonds. The molecule has 0 aliphatic carbocycles. The van der Waals surface area contributed by atoms with Crippen molar-refractivity contribution in [2.75, 3.05) is 0 Å². The maximum Gasteiger partial charge on any atom is 0.142 e. The molecule has 0 spiro atoms. The fourth-order valence-corrected chi connectivity index (χ4v) is 1.95. The molecule has 2 aromatic carbocycles.